The molecule has 6 nitrogen and oxygen atoms in total. The summed E-state index contributed by atoms with van der Waals surface area (Å²) in [6.07, 6.45) is 2.41. The molecule has 0 unspecified atom stereocenters. The first-order chi connectivity index (χ1) is 9.27. The number of ketones is 1. The first-order valence-electron chi connectivity index (χ1n) is 7.03. The molecule has 20 heavy (non-hydrogen) atoms. The molecule has 2 amide bonds. The summed E-state index contributed by atoms with van der Waals surface area (Å²) in [7, 11) is 0. The Morgan fingerprint density at radius 2 is 2.10 bits per heavy atom. The van der Waals surface area contributed by atoms with Crippen molar-refractivity contribution in [1.29, 1.82) is 0 Å². The van der Waals surface area contributed by atoms with Crippen LogP contribution in [0.1, 0.15) is 46.0 Å². The molecular weight excluding hydrogens is 260 g/mol. The molecule has 1 atom stereocenters. The fourth-order valence-corrected chi connectivity index (χ4v) is 3.24. The summed E-state index contributed by atoms with van der Waals surface area (Å²) in [5.74, 6) is -0.536. The zero-order valence-electron chi connectivity index (χ0n) is 12.0. The molecule has 0 bridgehead atoms. The topological polar surface area (TPSA) is 98.5 Å². The van der Waals surface area contributed by atoms with Crippen LogP contribution in [0.15, 0.2) is 0 Å². The Labute approximate surface area is 118 Å². The van der Waals surface area contributed by atoms with E-state index in [-0.39, 0.29) is 42.0 Å². The van der Waals surface area contributed by atoms with Gasteiger partial charge in [-0.25, -0.2) is 0 Å². The van der Waals surface area contributed by atoms with E-state index in [0.29, 0.717) is 25.7 Å². The number of ether oxygens (including phenoxy) is 1. The molecule has 1 saturated carbocycles. The third kappa shape index (κ3) is 3.00. The maximum absolute atomic E-state index is 12.2. The molecule has 3 N–H and O–H groups in total. The minimum absolute atomic E-state index is 0.0133. The molecule has 1 aliphatic carbocycles. The normalized spacial score (nSPS) is 36.5. The summed E-state index contributed by atoms with van der Waals surface area (Å²) in [5, 5.41) is 2.87. The van der Waals surface area contributed by atoms with Crippen molar-refractivity contribution in [3.63, 3.8) is 0 Å². The number of carbonyl (C=O) groups excluding carboxylic acids is 3. The van der Waals surface area contributed by atoms with Gasteiger partial charge in [-0.15, -0.1) is 0 Å². The summed E-state index contributed by atoms with van der Waals surface area (Å²) < 4.78 is 5.45. The first kappa shape index (κ1) is 15.0. The lowest BCUT2D eigenvalue weighted by molar-refractivity contribution is -0.143. The summed E-state index contributed by atoms with van der Waals surface area (Å²) in [5.41, 5.74) is 4.21. The van der Waals surface area contributed by atoms with E-state index in [9.17, 15) is 14.4 Å². The van der Waals surface area contributed by atoms with E-state index in [4.69, 9.17) is 10.5 Å². The number of amides is 2. The fraction of sp³-hybridized carbons (Fsp3) is 0.786. The van der Waals surface area contributed by atoms with Gasteiger partial charge in [0.2, 0.25) is 11.8 Å². The lowest BCUT2D eigenvalue weighted by atomic mass is 9.61. The van der Waals surface area contributed by atoms with E-state index < -0.39 is 5.72 Å². The van der Waals surface area contributed by atoms with Gasteiger partial charge in [-0.1, -0.05) is 13.8 Å². The van der Waals surface area contributed by atoms with Crippen LogP contribution in [-0.4, -0.2) is 29.9 Å². The van der Waals surface area contributed by atoms with Gasteiger partial charge >= 0.3 is 0 Å². The highest BCUT2D eigenvalue weighted by Crippen LogP contribution is 2.48. The second kappa shape index (κ2) is 5.16. The highest BCUT2D eigenvalue weighted by Gasteiger charge is 2.47. The Hall–Kier alpha value is -1.43. The molecule has 112 valence electrons. The molecule has 0 aromatic carbocycles. The Kier molecular flexibility index (Phi) is 3.86. The van der Waals surface area contributed by atoms with Crippen molar-refractivity contribution in [3.05, 3.63) is 0 Å². The van der Waals surface area contributed by atoms with E-state index in [2.05, 4.69) is 5.32 Å². The largest absolute Gasteiger partial charge is 0.370 e. The van der Waals surface area contributed by atoms with Crippen LogP contribution in [0.25, 0.3) is 0 Å². The number of hydrogen-bond donors (Lipinski definition) is 2. The maximum Gasteiger partial charge on any atom is 0.225 e. The summed E-state index contributed by atoms with van der Waals surface area (Å²) in [4.78, 5) is 34.5. The molecule has 0 aromatic rings. The molecule has 0 radical (unpaired) electrons. The predicted octanol–water partition coefficient (Wildman–Crippen LogP) is 0.490. The van der Waals surface area contributed by atoms with Crippen LogP contribution in [0.5, 0.6) is 0 Å². The van der Waals surface area contributed by atoms with Crippen molar-refractivity contribution in [2.24, 2.45) is 17.1 Å². The molecule has 6 heteroatoms. The SMILES string of the molecule is CC[C@@]1(NC(=O)C2CC(C)(CC(N)=O)C2)CC(=O)CO1. The molecule has 2 rings (SSSR count). The maximum atomic E-state index is 12.2. The molecule has 2 aliphatic rings. The van der Waals surface area contributed by atoms with Crippen molar-refractivity contribution in [2.75, 3.05) is 6.61 Å². The average molecular weight is 282 g/mol. The molecule has 1 aliphatic heterocycles. The van der Waals surface area contributed by atoms with Crippen LogP contribution >= 0.6 is 0 Å². The van der Waals surface area contributed by atoms with Crippen molar-refractivity contribution in [3.8, 4) is 0 Å². The van der Waals surface area contributed by atoms with Crippen LogP contribution in [0, 0.1) is 11.3 Å². The van der Waals surface area contributed by atoms with E-state index in [1.807, 2.05) is 13.8 Å². The van der Waals surface area contributed by atoms with Gasteiger partial charge in [-0.3, -0.25) is 14.4 Å². The van der Waals surface area contributed by atoms with Crippen molar-refractivity contribution >= 4 is 17.6 Å². The molecule has 0 spiro atoms. The zero-order chi connectivity index (χ0) is 15.0. The standard InChI is InChI=1S/C14H22N2O4/c1-3-14(6-10(17)8-20-14)16-12(19)9-4-13(2,5-9)7-11(15)18/h9H,3-8H2,1-2H3,(H2,15,18)(H,16,19)/t9?,13?,14-/m0/s1. The van der Waals surface area contributed by atoms with Gasteiger partial charge < -0.3 is 15.8 Å². The summed E-state index contributed by atoms with van der Waals surface area (Å²) in [6, 6.07) is 0. The quantitative estimate of drug-likeness (QED) is 0.766. The second-order valence-corrected chi connectivity index (χ2v) is 6.40. The second-order valence-electron chi connectivity index (χ2n) is 6.40. The minimum atomic E-state index is -0.830. The Morgan fingerprint density at radius 3 is 2.55 bits per heavy atom. The van der Waals surface area contributed by atoms with Gasteiger partial charge in [0.15, 0.2) is 5.78 Å². The smallest absolute Gasteiger partial charge is 0.225 e. The van der Waals surface area contributed by atoms with E-state index in [1.54, 1.807) is 0 Å². The fourth-order valence-electron chi connectivity index (χ4n) is 3.24. The van der Waals surface area contributed by atoms with Gasteiger partial charge in [0.25, 0.3) is 0 Å². The van der Waals surface area contributed by atoms with Gasteiger partial charge in [0, 0.05) is 12.3 Å². The van der Waals surface area contributed by atoms with E-state index in [1.165, 1.54) is 0 Å². The number of nitrogens with two attached hydrogens (primary N) is 1. The highest BCUT2D eigenvalue weighted by atomic mass is 16.5. The van der Waals surface area contributed by atoms with Crippen LogP contribution in [0.2, 0.25) is 0 Å². The summed E-state index contributed by atoms with van der Waals surface area (Å²) >= 11 is 0. The monoisotopic (exact) mass is 282 g/mol. The van der Waals surface area contributed by atoms with Gasteiger partial charge in [-0.05, 0) is 24.7 Å². The zero-order valence-corrected chi connectivity index (χ0v) is 12.0. The molecular formula is C14H22N2O4. The third-order valence-corrected chi connectivity index (χ3v) is 4.36. The Bertz CT molecular complexity index is 442. The lowest BCUT2D eigenvalue weighted by Crippen LogP contribution is -2.53. The average Bonchev–Trinajstić information content (AvgIpc) is 2.67. The van der Waals surface area contributed by atoms with Crippen molar-refractivity contribution in [1.82, 2.24) is 5.32 Å². The Balaban J connectivity index is 1.88. The molecule has 0 aromatic heterocycles. The van der Waals surface area contributed by atoms with E-state index in [0.717, 1.165) is 0 Å². The van der Waals surface area contributed by atoms with Crippen LogP contribution in [0.3, 0.4) is 0 Å². The van der Waals surface area contributed by atoms with Gasteiger partial charge in [0.1, 0.15) is 12.3 Å². The van der Waals surface area contributed by atoms with Gasteiger partial charge in [0.05, 0.1) is 6.42 Å². The summed E-state index contributed by atoms with van der Waals surface area (Å²) in [6.45, 7) is 3.92. The first-order valence-corrected chi connectivity index (χ1v) is 7.03. The van der Waals surface area contributed by atoms with Crippen LogP contribution in [0.4, 0.5) is 0 Å². The van der Waals surface area contributed by atoms with Crippen molar-refractivity contribution < 1.29 is 19.1 Å². The number of primary amides is 1. The minimum Gasteiger partial charge on any atom is -0.370 e. The number of Topliss-reactive ketones (excluding diaryl/α,β-unsaturated/α-hetero) is 1. The van der Waals surface area contributed by atoms with E-state index >= 15 is 0 Å². The number of carbonyl (C=O) groups is 3. The Morgan fingerprint density at radius 1 is 1.45 bits per heavy atom. The van der Waals surface area contributed by atoms with Crippen LogP contribution < -0.4 is 11.1 Å². The highest BCUT2D eigenvalue weighted by molar-refractivity contribution is 5.86. The lowest BCUT2D eigenvalue weighted by Gasteiger charge is -2.44. The molecule has 1 heterocycles. The van der Waals surface area contributed by atoms with Crippen molar-refractivity contribution in [2.45, 2.75) is 51.7 Å². The predicted molar refractivity (Wildman–Crippen MR) is 71.4 cm³/mol. The number of nitrogens with one attached hydrogen (secondary N) is 1. The number of rotatable bonds is 5. The molecule has 2 fully saturated rings. The third-order valence-electron chi connectivity index (χ3n) is 4.36. The van der Waals surface area contributed by atoms with Gasteiger partial charge in [-0.2, -0.15) is 0 Å². The number of hydrogen-bond acceptors (Lipinski definition) is 4. The van der Waals surface area contributed by atoms with Crippen LogP contribution in [-0.2, 0) is 19.1 Å². The molecule has 1 saturated heterocycles.